The Hall–Kier alpha value is -4.53. The molecule has 220 valence electrons. The first-order valence-corrected chi connectivity index (χ1v) is 18.2. The molecular weight excluding hydrogens is 563 g/mol. The van der Waals surface area contributed by atoms with E-state index in [0.29, 0.717) is 0 Å². The van der Waals surface area contributed by atoms with Gasteiger partial charge in [-0.25, -0.2) is 0 Å². The highest BCUT2D eigenvalue weighted by Gasteiger charge is 2.41. The summed E-state index contributed by atoms with van der Waals surface area (Å²) >= 11 is 0. The fraction of sp³-hybridized carbons (Fsp3) is 0.163. The first kappa shape index (κ1) is 26.8. The monoisotopic (exact) mass is 599 g/mol. The van der Waals surface area contributed by atoms with Crippen LogP contribution in [0.4, 0.5) is 17.1 Å². The van der Waals surface area contributed by atoms with Crippen LogP contribution in [-0.2, 0) is 5.41 Å². The van der Waals surface area contributed by atoms with Crippen molar-refractivity contribution in [2.45, 2.75) is 41.9 Å². The maximum atomic E-state index is 2.52. The highest BCUT2D eigenvalue weighted by molar-refractivity contribution is 8.34. The lowest BCUT2D eigenvalue weighted by Crippen LogP contribution is -2.21. The number of rotatable bonds is 3. The van der Waals surface area contributed by atoms with Gasteiger partial charge in [0.2, 0.25) is 0 Å². The normalized spacial score (nSPS) is 17.7. The van der Waals surface area contributed by atoms with Gasteiger partial charge in [-0.05, 0) is 111 Å². The van der Waals surface area contributed by atoms with Crippen LogP contribution < -0.4 is 4.90 Å². The van der Waals surface area contributed by atoms with Crippen molar-refractivity contribution in [3.63, 3.8) is 0 Å². The molecule has 1 nitrogen and oxygen atoms in total. The molecular formula is C43H37NS. The number of nitrogens with zero attached hydrogens (tertiary/aromatic N) is 1. The SMILES string of the molecule is CC1(C)c2ccccc2-c2ccc(/C=C/c3ccc4cc(N5c6ccccc6S6(CCCC6)c6ccccc65)ccc4c3)cc21. The van der Waals surface area contributed by atoms with Crippen LogP contribution in [0.25, 0.3) is 34.1 Å². The van der Waals surface area contributed by atoms with Gasteiger partial charge >= 0.3 is 0 Å². The highest BCUT2D eigenvalue weighted by atomic mass is 32.3. The van der Waals surface area contributed by atoms with Crippen LogP contribution in [0.15, 0.2) is 137 Å². The molecule has 0 aromatic heterocycles. The highest BCUT2D eigenvalue weighted by Crippen LogP contribution is 2.73. The van der Waals surface area contributed by atoms with Gasteiger partial charge in [0.15, 0.2) is 0 Å². The molecule has 1 saturated heterocycles. The molecule has 2 heterocycles. The summed E-state index contributed by atoms with van der Waals surface area (Å²) in [5.41, 5.74) is 12.0. The van der Waals surface area contributed by atoms with Gasteiger partial charge in [0.05, 0.1) is 11.4 Å². The van der Waals surface area contributed by atoms with Crippen molar-refractivity contribution in [3.8, 4) is 11.1 Å². The Bertz CT molecular complexity index is 2110. The van der Waals surface area contributed by atoms with Gasteiger partial charge in [-0.1, -0.05) is 111 Å². The van der Waals surface area contributed by atoms with E-state index in [0.717, 1.165) is 0 Å². The van der Waals surface area contributed by atoms with Crippen molar-refractivity contribution in [1.29, 1.82) is 0 Å². The molecule has 0 unspecified atom stereocenters. The third kappa shape index (κ3) is 4.02. The maximum Gasteiger partial charge on any atom is 0.0586 e. The zero-order valence-corrected chi connectivity index (χ0v) is 26.8. The van der Waals surface area contributed by atoms with Crippen molar-refractivity contribution in [2.24, 2.45) is 0 Å². The number of hydrogen-bond donors (Lipinski definition) is 0. The van der Waals surface area contributed by atoms with E-state index in [1.165, 1.54) is 85.6 Å². The molecule has 0 atom stereocenters. The average Bonchev–Trinajstić information content (AvgIpc) is 3.66. The minimum Gasteiger partial charge on any atom is -0.308 e. The van der Waals surface area contributed by atoms with E-state index < -0.39 is 10.0 Å². The molecule has 1 aliphatic carbocycles. The van der Waals surface area contributed by atoms with Crippen LogP contribution in [-0.4, -0.2) is 11.5 Å². The van der Waals surface area contributed by atoms with Crippen molar-refractivity contribution < 1.29 is 0 Å². The third-order valence-corrected chi connectivity index (χ3v) is 14.8. The summed E-state index contributed by atoms with van der Waals surface area (Å²) in [6.45, 7) is 4.69. The smallest absolute Gasteiger partial charge is 0.0586 e. The first-order valence-electron chi connectivity index (χ1n) is 16.3. The number of benzene rings is 6. The Labute approximate surface area is 268 Å². The third-order valence-electron chi connectivity index (χ3n) is 10.5. The van der Waals surface area contributed by atoms with Gasteiger partial charge in [0.1, 0.15) is 0 Å². The molecule has 0 amide bonds. The zero-order valence-electron chi connectivity index (χ0n) is 26.0. The standard InChI is InChI=1S/C43H37NS/c1-43(2)37-12-4-3-11-35(37)36-24-20-31(28-38(36)43)18-17-30-19-21-33-29-34(23-22-32(33)27-30)44-39-13-5-7-15-41(39)45(25-9-10-26-45)42-16-8-6-14-40(42)44/h3-8,11-24,27-29H,9-10,25-26H2,1-2H3/b18-17+. The molecule has 0 radical (unpaired) electrons. The molecule has 9 rings (SSSR count). The minimum absolute atomic E-state index is 0.0187. The van der Waals surface area contributed by atoms with Gasteiger partial charge in [-0.15, -0.1) is 0 Å². The fourth-order valence-corrected chi connectivity index (χ4v) is 12.7. The molecule has 45 heavy (non-hydrogen) atoms. The predicted octanol–water partition coefficient (Wildman–Crippen LogP) is 12.1. The summed E-state index contributed by atoms with van der Waals surface area (Å²) in [7, 11) is -0.972. The zero-order chi connectivity index (χ0) is 30.2. The first-order chi connectivity index (χ1) is 22.0. The Kier molecular flexibility index (Phi) is 5.96. The van der Waals surface area contributed by atoms with Crippen LogP contribution >= 0.6 is 10.0 Å². The molecule has 3 aliphatic rings. The van der Waals surface area contributed by atoms with E-state index in [9.17, 15) is 0 Å². The maximum absolute atomic E-state index is 2.52. The van der Waals surface area contributed by atoms with Crippen LogP contribution in [0, 0.1) is 0 Å². The number of fused-ring (bicyclic) bond motifs is 8. The molecule has 0 saturated carbocycles. The summed E-state index contributed by atoms with van der Waals surface area (Å²) < 4.78 is 0. The molecule has 0 N–H and O–H groups in total. The fourth-order valence-electron chi connectivity index (χ4n) is 8.22. The lowest BCUT2D eigenvalue weighted by molar-refractivity contribution is 0.660. The molecule has 0 bridgehead atoms. The van der Waals surface area contributed by atoms with E-state index in [2.05, 4.69) is 158 Å². The molecule has 1 fully saturated rings. The number of para-hydroxylation sites is 2. The van der Waals surface area contributed by atoms with Gasteiger partial charge in [-0.2, -0.15) is 10.0 Å². The van der Waals surface area contributed by atoms with Crippen LogP contribution in [0.3, 0.4) is 0 Å². The lowest BCUT2D eigenvalue weighted by atomic mass is 9.82. The topological polar surface area (TPSA) is 3.24 Å². The summed E-state index contributed by atoms with van der Waals surface area (Å²) in [5.74, 6) is 2.64. The summed E-state index contributed by atoms with van der Waals surface area (Å²) in [4.78, 5) is 5.66. The summed E-state index contributed by atoms with van der Waals surface area (Å²) in [6, 6.07) is 48.1. The van der Waals surface area contributed by atoms with Crippen molar-refractivity contribution in [2.75, 3.05) is 16.4 Å². The second kappa shape index (κ2) is 9.99. The second-order valence-electron chi connectivity index (χ2n) is 13.4. The van der Waals surface area contributed by atoms with E-state index in [1.807, 2.05) is 0 Å². The van der Waals surface area contributed by atoms with E-state index in [1.54, 1.807) is 9.79 Å². The average molecular weight is 600 g/mol. The number of hydrogen-bond acceptors (Lipinski definition) is 1. The van der Waals surface area contributed by atoms with Gasteiger partial charge in [0, 0.05) is 20.9 Å². The lowest BCUT2D eigenvalue weighted by Gasteiger charge is -2.47. The quantitative estimate of drug-likeness (QED) is 0.183. The van der Waals surface area contributed by atoms with Crippen LogP contribution in [0.5, 0.6) is 0 Å². The van der Waals surface area contributed by atoms with Gasteiger partial charge in [-0.3, -0.25) is 0 Å². The Morgan fingerprint density at radius 2 is 1.13 bits per heavy atom. The minimum atomic E-state index is -0.972. The molecule has 6 aromatic rings. The van der Waals surface area contributed by atoms with Gasteiger partial charge < -0.3 is 4.90 Å². The molecule has 2 heteroatoms. The second-order valence-corrected chi connectivity index (χ2v) is 16.8. The molecule has 2 aliphatic heterocycles. The van der Waals surface area contributed by atoms with E-state index in [4.69, 9.17) is 0 Å². The van der Waals surface area contributed by atoms with Crippen molar-refractivity contribution in [3.05, 3.63) is 150 Å². The van der Waals surface area contributed by atoms with Crippen LogP contribution in [0.1, 0.15) is 48.9 Å². The number of anilines is 3. The molecule has 6 aromatic carbocycles. The summed E-state index contributed by atoms with van der Waals surface area (Å²) in [5, 5.41) is 2.54. The predicted molar refractivity (Wildman–Crippen MR) is 195 cm³/mol. The van der Waals surface area contributed by atoms with Crippen molar-refractivity contribution in [1.82, 2.24) is 0 Å². The van der Waals surface area contributed by atoms with E-state index in [-0.39, 0.29) is 5.41 Å². The van der Waals surface area contributed by atoms with E-state index >= 15 is 0 Å². The largest absolute Gasteiger partial charge is 0.308 e. The van der Waals surface area contributed by atoms with Crippen LogP contribution in [0.2, 0.25) is 0 Å². The van der Waals surface area contributed by atoms with Gasteiger partial charge in [0.25, 0.3) is 0 Å². The molecule has 1 spiro atoms. The summed E-state index contributed by atoms with van der Waals surface area (Å²) in [6.07, 6.45) is 7.19. The Morgan fingerprint density at radius 1 is 0.556 bits per heavy atom. The Morgan fingerprint density at radius 3 is 1.89 bits per heavy atom. The van der Waals surface area contributed by atoms with Crippen molar-refractivity contribution >= 4 is 50.0 Å². The Balaban J connectivity index is 1.05.